The number of halogens is 1. The van der Waals surface area contributed by atoms with Gasteiger partial charge in [-0.1, -0.05) is 0 Å². The van der Waals surface area contributed by atoms with Crippen molar-refractivity contribution in [3.63, 3.8) is 0 Å². The molecule has 8 heteroatoms. The van der Waals surface area contributed by atoms with Crippen LogP contribution in [-0.4, -0.2) is 51.8 Å². The van der Waals surface area contributed by atoms with Crippen LogP contribution in [-0.2, 0) is 18.3 Å². The Balaban J connectivity index is 0.00000225. The number of fused-ring (bicyclic) bond motifs is 1. The van der Waals surface area contributed by atoms with Gasteiger partial charge >= 0.3 is 0 Å². The van der Waals surface area contributed by atoms with Crippen molar-refractivity contribution in [2.75, 3.05) is 20.1 Å². The molecule has 0 radical (unpaired) electrons. The van der Waals surface area contributed by atoms with Crippen LogP contribution in [0.3, 0.4) is 0 Å². The Hall–Kier alpha value is -1.86. The lowest BCUT2D eigenvalue weighted by Crippen LogP contribution is -2.41. The quantitative estimate of drug-likeness (QED) is 0.846. The van der Waals surface area contributed by atoms with Crippen LogP contribution in [0.5, 0.6) is 0 Å². The van der Waals surface area contributed by atoms with Gasteiger partial charge < -0.3 is 10.2 Å². The maximum Gasteiger partial charge on any atom is 0.273 e. The normalized spacial score (nSPS) is 17.1. The Kier molecular flexibility index (Phi) is 5.90. The summed E-state index contributed by atoms with van der Waals surface area (Å²) in [6.07, 6.45) is 2.39. The van der Waals surface area contributed by atoms with E-state index in [1.165, 1.54) is 0 Å². The lowest BCUT2D eigenvalue weighted by atomic mass is 10.0. The molecule has 2 aromatic rings. The molecule has 1 aliphatic rings. The third-order valence-corrected chi connectivity index (χ3v) is 5.04. The first-order valence-electron chi connectivity index (χ1n) is 8.43. The average Bonchev–Trinajstić information content (AvgIpc) is 3.09. The zero-order chi connectivity index (χ0) is 17.4. The van der Waals surface area contributed by atoms with Gasteiger partial charge in [0.2, 0.25) is 5.91 Å². The Labute approximate surface area is 153 Å². The maximum absolute atomic E-state index is 12.8. The van der Waals surface area contributed by atoms with Gasteiger partial charge in [-0.05, 0) is 44.9 Å². The molecule has 1 atom stereocenters. The highest BCUT2D eigenvalue weighted by molar-refractivity contribution is 5.85. The van der Waals surface area contributed by atoms with Gasteiger partial charge in [0, 0.05) is 31.9 Å². The highest BCUT2D eigenvalue weighted by Gasteiger charge is 2.29. The van der Waals surface area contributed by atoms with Crippen LogP contribution in [0.4, 0.5) is 0 Å². The van der Waals surface area contributed by atoms with E-state index in [-0.39, 0.29) is 29.9 Å². The summed E-state index contributed by atoms with van der Waals surface area (Å²) in [6, 6.07) is 0.264. The molecule has 1 saturated heterocycles. The molecule has 2 aromatic heterocycles. The van der Waals surface area contributed by atoms with Gasteiger partial charge in [-0.3, -0.25) is 19.4 Å². The van der Waals surface area contributed by atoms with Gasteiger partial charge in [0.1, 0.15) is 0 Å². The molecule has 1 aliphatic heterocycles. The lowest BCUT2D eigenvalue weighted by molar-refractivity contribution is -0.131. The van der Waals surface area contributed by atoms with Crippen LogP contribution in [0.1, 0.15) is 29.7 Å². The number of aromatic amines is 1. The van der Waals surface area contributed by atoms with Crippen molar-refractivity contribution in [3.05, 3.63) is 27.2 Å². The van der Waals surface area contributed by atoms with Crippen molar-refractivity contribution in [3.8, 4) is 0 Å². The number of hydrogen-bond acceptors (Lipinski definition) is 4. The molecule has 0 saturated carbocycles. The number of nitrogens with one attached hydrogen (secondary N) is 2. The number of H-pyrrole nitrogens is 1. The largest absolute Gasteiger partial charge is 0.338 e. The summed E-state index contributed by atoms with van der Waals surface area (Å²) >= 11 is 0. The highest BCUT2D eigenvalue weighted by atomic mass is 35.5. The molecule has 0 aromatic carbocycles. The number of aryl methyl sites for hydroxylation is 3. The minimum Gasteiger partial charge on any atom is -0.338 e. The molecule has 138 valence electrons. The summed E-state index contributed by atoms with van der Waals surface area (Å²) in [5.74, 6) is 0.118. The zero-order valence-electron chi connectivity index (χ0n) is 15.2. The van der Waals surface area contributed by atoms with Crippen molar-refractivity contribution in [2.24, 2.45) is 7.05 Å². The number of amides is 1. The number of aromatic nitrogens is 3. The van der Waals surface area contributed by atoms with Gasteiger partial charge in [0.15, 0.2) is 5.65 Å². The minimum absolute atomic E-state index is 0. The molecule has 7 nitrogen and oxygen atoms in total. The Bertz CT molecular complexity index is 842. The fourth-order valence-corrected chi connectivity index (χ4v) is 3.77. The number of pyridine rings is 1. The van der Waals surface area contributed by atoms with Crippen LogP contribution in [0.25, 0.3) is 11.0 Å². The molecular formula is C17H26ClN5O2. The highest BCUT2D eigenvalue weighted by Crippen LogP contribution is 2.23. The van der Waals surface area contributed by atoms with E-state index < -0.39 is 0 Å². The van der Waals surface area contributed by atoms with E-state index in [9.17, 15) is 9.59 Å². The van der Waals surface area contributed by atoms with Crippen molar-refractivity contribution < 1.29 is 4.79 Å². The Morgan fingerprint density at radius 1 is 1.40 bits per heavy atom. The summed E-state index contributed by atoms with van der Waals surface area (Å²) in [5, 5.41) is 6.48. The third kappa shape index (κ3) is 3.43. The van der Waals surface area contributed by atoms with Crippen LogP contribution in [0.2, 0.25) is 0 Å². The van der Waals surface area contributed by atoms with Crippen molar-refractivity contribution >= 4 is 29.3 Å². The molecule has 1 fully saturated rings. The first kappa shape index (κ1) is 19.5. The first-order valence-corrected chi connectivity index (χ1v) is 8.43. The summed E-state index contributed by atoms with van der Waals surface area (Å²) in [6.45, 7) is 5.44. The van der Waals surface area contributed by atoms with Gasteiger partial charge in [0.25, 0.3) is 5.56 Å². The second-order valence-corrected chi connectivity index (χ2v) is 6.62. The number of likely N-dealkylation sites (N-methyl/N-ethyl adjacent to an activating group) is 1. The smallest absolute Gasteiger partial charge is 0.273 e. The first-order chi connectivity index (χ1) is 11.4. The summed E-state index contributed by atoms with van der Waals surface area (Å²) in [4.78, 5) is 31.5. The number of carbonyl (C=O) groups excluding carboxylic acids is 1. The third-order valence-electron chi connectivity index (χ3n) is 5.04. The van der Waals surface area contributed by atoms with E-state index in [1.807, 2.05) is 25.8 Å². The minimum atomic E-state index is -0.152. The zero-order valence-corrected chi connectivity index (χ0v) is 16.0. The van der Waals surface area contributed by atoms with E-state index in [0.717, 1.165) is 42.8 Å². The number of likely N-dealkylation sites (tertiary alicyclic amines) is 1. The molecule has 1 unspecified atom stereocenters. The molecule has 1 amide bonds. The standard InChI is InChI=1S/C17H25N5O2.ClH/c1-10-13(8-14(23)22-7-5-6-12(22)9-18-3)11(2)19-16-15(10)17(24)20-21(16)4;/h12,18H,5-9H2,1-4H3,(H,20,24);1H. The molecule has 0 aliphatic carbocycles. The van der Waals surface area contributed by atoms with E-state index in [2.05, 4.69) is 15.4 Å². The summed E-state index contributed by atoms with van der Waals surface area (Å²) < 4.78 is 1.63. The van der Waals surface area contributed by atoms with E-state index in [4.69, 9.17) is 0 Å². The summed E-state index contributed by atoms with van der Waals surface area (Å²) in [7, 11) is 3.68. The van der Waals surface area contributed by atoms with E-state index >= 15 is 0 Å². The van der Waals surface area contributed by atoms with Gasteiger partial charge in [-0.15, -0.1) is 12.4 Å². The molecule has 0 spiro atoms. The van der Waals surface area contributed by atoms with Crippen molar-refractivity contribution in [1.82, 2.24) is 25.0 Å². The Morgan fingerprint density at radius 2 is 2.12 bits per heavy atom. The fourth-order valence-electron chi connectivity index (χ4n) is 3.77. The molecule has 3 heterocycles. The van der Waals surface area contributed by atoms with Crippen LogP contribution in [0, 0.1) is 13.8 Å². The number of rotatable bonds is 4. The molecular weight excluding hydrogens is 342 g/mol. The Morgan fingerprint density at radius 3 is 2.80 bits per heavy atom. The predicted molar refractivity (Wildman–Crippen MR) is 100 cm³/mol. The number of nitrogens with zero attached hydrogens (tertiary/aromatic N) is 3. The second kappa shape index (κ2) is 7.58. The maximum atomic E-state index is 12.8. The number of hydrogen-bond donors (Lipinski definition) is 2. The molecule has 3 rings (SSSR count). The van der Waals surface area contributed by atoms with Crippen LogP contribution < -0.4 is 10.9 Å². The molecule has 0 bridgehead atoms. The average molecular weight is 368 g/mol. The van der Waals surface area contributed by atoms with Crippen LogP contribution >= 0.6 is 12.4 Å². The van der Waals surface area contributed by atoms with Gasteiger partial charge in [0.05, 0.1) is 11.8 Å². The SMILES string of the molecule is CNCC1CCCN1C(=O)Cc1c(C)nc2c(c1C)c(=O)[nH]n2C.Cl. The molecule has 25 heavy (non-hydrogen) atoms. The lowest BCUT2D eigenvalue weighted by Gasteiger charge is -2.25. The van der Waals surface area contributed by atoms with E-state index in [1.54, 1.807) is 11.7 Å². The van der Waals surface area contributed by atoms with Crippen molar-refractivity contribution in [1.29, 1.82) is 0 Å². The van der Waals surface area contributed by atoms with E-state index in [0.29, 0.717) is 17.5 Å². The topological polar surface area (TPSA) is 83.0 Å². The van der Waals surface area contributed by atoms with Gasteiger partial charge in [-0.2, -0.15) is 0 Å². The van der Waals surface area contributed by atoms with Crippen molar-refractivity contribution in [2.45, 2.75) is 39.2 Å². The monoisotopic (exact) mass is 367 g/mol. The second-order valence-electron chi connectivity index (χ2n) is 6.62. The fraction of sp³-hybridized carbons (Fsp3) is 0.588. The summed E-state index contributed by atoms with van der Waals surface area (Å²) in [5.41, 5.74) is 3.03. The number of carbonyl (C=O) groups is 1. The van der Waals surface area contributed by atoms with Crippen LogP contribution in [0.15, 0.2) is 4.79 Å². The predicted octanol–water partition coefficient (Wildman–Crippen LogP) is 1.05. The molecule has 2 N–H and O–H groups in total. The van der Waals surface area contributed by atoms with Gasteiger partial charge in [-0.25, -0.2) is 4.98 Å².